The van der Waals surface area contributed by atoms with Crippen LogP contribution in [0.15, 0.2) is 91.0 Å². The van der Waals surface area contributed by atoms with E-state index in [4.69, 9.17) is 14.2 Å². The van der Waals surface area contributed by atoms with E-state index in [1.165, 1.54) is 14.2 Å². The molecule has 2 heterocycles. The zero-order valence-corrected chi connectivity index (χ0v) is 24.9. The summed E-state index contributed by atoms with van der Waals surface area (Å²) in [5.41, 5.74) is 2.79. The fourth-order valence-corrected chi connectivity index (χ4v) is 7.54. The zero-order valence-electron chi connectivity index (χ0n) is 24.9. The average Bonchev–Trinajstić information content (AvgIpc) is 3.49. The molecule has 0 aromatic heterocycles. The number of anilines is 1. The number of carbonyl (C=O) groups excluding carboxylic acids is 3. The highest BCUT2D eigenvalue weighted by Gasteiger charge is 2.72. The Kier molecular flexibility index (Phi) is 6.43. The van der Waals surface area contributed by atoms with Crippen LogP contribution in [0.25, 0.3) is 6.08 Å². The van der Waals surface area contributed by atoms with Gasteiger partial charge in [-0.1, -0.05) is 72.3 Å². The first-order chi connectivity index (χ1) is 21.4. The third-order valence-electron chi connectivity index (χ3n) is 9.35. The second-order valence-electron chi connectivity index (χ2n) is 11.4. The summed E-state index contributed by atoms with van der Waals surface area (Å²) in [5.74, 6) is -0.412. The molecule has 1 aliphatic carbocycles. The van der Waals surface area contributed by atoms with Gasteiger partial charge in [0.1, 0.15) is 17.2 Å². The number of fused-ring (bicyclic) bond motifs is 5. The number of hydrogen-bond acceptors (Lipinski definition) is 7. The summed E-state index contributed by atoms with van der Waals surface area (Å²) < 4.78 is 17.1. The van der Waals surface area contributed by atoms with Gasteiger partial charge < -0.3 is 19.1 Å². The van der Waals surface area contributed by atoms with Crippen LogP contribution in [0.5, 0.6) is 17.2 Å². The first-order valence-corrected chi connectivity index (χ1v) is 14.5. The molecule has 0 radical (unpaired) electrons. The number of benzene rings is 4. The van der Waals surface area contributed by atoms with Crippen molar-refractivity contribution in [3.8, 4) is 17.2 Å². The molecule has 3 aliphatic rings. The molecule has 0 saturated carbocycles. The van der Waals surface area contributed by atoms with Gasteiger partial charge in [-0.3, -0.25) is 14.4 Å². The number of Topliss-reactive ketones (excluding diaryl/α,β-unsaturated/α-hetero) is 3. The van der Waals surface area contributed by atoms with Crippen molar-refractivity contribution in [1.82, 2.24) is 0 Å². The number of carbonyl (C=O) groups is 3. The molecule has 0 N–H and O–H groups in total. The second-order valence-corrected chi connectivity index (χ2v) is 11.4. The predicted molar refractivity (Wildman–Crippen MR) is 167 cm³/mol. The van der Waals surface area contributed by atoms with E-state index in [0.29, 0.717) is 39.5 Å². The molecule has 3 atom stereocenters. The third kappa shape index (κ3) is 3.65. The number of para-hydroxylation sites is 1. The lowest BCUT2D eigenvalue weighted by Gasteiger charge is -2.37. The normalized spacial score (nSPS) is 20.7. The van der Waals surface area contributed by atoms with Crippen molar-refractivity contribution in [3.05, 3.63) is 124 Å². The van der Waals surface area contributed by atoms with Crippen LogP contribution < -0.4 is 19.1 Å². The molecule has 0 unspecified atom stereocenters. The molecule has 7 rings (SSSR count). The second kappa shape index (κ2) is 10.2. The summed E-state index contributed by atoms with van der Waals surface area (Å²) in [4.78, 5) is 46.8. The minimum atomic E-state index is -1.65. The highest BCUT2D eigenvalue weighted by atomic mass is 16.5. The van der Waals surface area contributed by atoms with Crippen LogP contribution in [0.2, 0.25) is 0 Å². The minimum Gasteiger partial charge on any atom is -0.497 e. The number of hydrogen-bond donors (Lipinski definition) is 0. The summed E-state index contributed by atoms with van der Waals surface area (Å²) in [5, 5.41) is 0. The van der Waals surface area contributed by atoms with E-state index in [1.54, 1.807) is 67.8 Å². The number of aryl methyl sites for hydroxylation is 1. The molecule has 220 valence electrons. The van der Waals surface area contributed by atoms with Crippen molar-refractivity contribution < 1.29 is 28.6 Å². The molecule has 4 aromatic rings. The van der Waals surface area contributed by atoms with Gasteiger partial charge in [-0.15, -0.1) is 0 Å². The number of nitrogens with zero attached hydrogens (tertiary/aromatic N) is 1. The molecular weight excluding hydrogens is 554 g/mol. The summed E-state index contributed by atoms with van der Waals surface area (Å²) in [7, 11) is 4.62. The molecule has 7 nitrogen and oxygen atoms in total. The van der Waals surface area contributed by atoms with E-state index in [2.05, 4.69) is 0 Å². The Morgan fingerprint density at radius 3 is 2.20 bits per heavy atom. The first kappa shape index (κ1) is 27.7. The molecule has 0 amide bonds. The first-order valence-electron chi connectivity index (χ1n) is 14.5. The van der Waals surface area contributed by atoms with Gasteiger partial charge in [0.15, 0.2) is 28.8 Å². The Balaban J connectivity index is 1.58. The molecule has 1 saturated heterocycles. The Morgan fingerprint density at radius 2 is 1.52 bits per heavy atom. The summed E-state index contributed by atoms with van der Waals surface area (Å²) in [6.07, 6.45) is 3.88. The van der Waals surface area contributed by atoms with Crippen molar-refractivity contribution in [1.29, 1.82) is 0 Å². The molecule has 7 heteroatoms. The summed E-state index contributed by atoms with van der Waals surface area (Å²) >= 11 is 0. The van der Waals surface area contributed by atoms with E-state index in [0.717, 1.165) is 16.8 Å². The average molecular weight is 586 g/mol. The number of methoxy groups -OCH3 is 3. The number of rotatable bonds is 6. The van der Waals surface area contributed by atoms with E-state index in [-0.39, 0.29) is 17.3 Å². The Hall–Kier alpha value is -5.17. The van der Waals surface area contributed by atoms with Crippen LogP contribution in [0.4, 0.5) is 5.69 Å². The van der Waals surface area contributed by atoms with Crippen molar-refractivity contribution >= 4 is 29.1 Å². The maximum atomic E-state index is 15.0. The van der Waals surface area contributed by atoms with Crippen molar-refractivity contribution in [2.75, 3.05) is 26.2 Å². The Bertz CT molecular complexity index is 1860. The van der Waals surface area contributed by atoms with Gasteiger partial charge in [-0.2, -0.15) is 0 Å². The van der Waals surface area contributed by atoms with Crippen LogP contribution in [0, 0.1) is 12.3 Å². The lowest BCUT2D eigenvalue weighted by molar-refractivity contribution is 0.0664. The van der Waals surface area contributed by atoms with Gasteiger partial charge >= 0.3 is 0 Å². The maximum Gasteiger partial charge on any atom is 0.186 e. The van der Waals surface area contributed by atoms with Gasteiger partial charge in [0.05, 0.1) is 27.4 Å². The van der Waals surface area contributed by atoms with E-state index < -0.39 is 23.4 Å². The van der Waals surface area contributed by atoms with Gasteiger partial charge in [0, 0.05) is 33.9 Å². The van der Waals surface area contributed by atoms with Crippen molar-refractivity contribution in [2.24, 2.45) is 5.41 Å². The number of ketones is 3. The molecule has 2 aliphatic heterocycles. The molecule has 1 fully saturated rings. The summed E-state index contributed by atoms with van der Waals surface area (Å²) in [6.45, 7) is 2.01. The quantitative estimate of drug-likeness (QED) is 0.193. The van der Waals surface area contributed by atoms with Crippen LogP contribution in [0.1, 0.15) is 53.7 Å². The van der Waals surface area contributed by atoms with Crippen LogP contribution >= 0.6 is 0 Å². The van der Waals surface area contributed by atoms with E-state index in [9.17, 15) is 14.4 Å². The standard InChI is InChI=1S/C37H31NO6/c1-21-15-17-28-22(19-21)16-18-30-37(35(40)25-11-5-6-12-26(25)36(37)41)31(27-13-8-14-29(43-3)34(27)44-4)32(38(28)30)33(39)23-9-7-10-24(20-23)42-2/h5-20,30-32H,1-4H3/t30-,31-,32-/m0/s1. The largest absolute Gasteiger partial charge is 0.497 e. The molecule has 4 aromatic carbocycles. The lowest BCUT2D eigenvalue weighted by Crippen LogP contribution is -2.48. The van der Waals surface area contributed by atoms with Gasteiger partial charge in [0.25, 0.3) is 0 Å². The van der Waals surface area contributed by atoms with Crippen LogP contribution in [-0.4, -0.2) is 50.8 Å². The maximum absolute atomic E-state index is 15.0. The lowest BCUT2D eigenvalue weighted by atomic mass is 9.64. The van der Waals surface area contributed by atoms with Crippen molar-refractivity contribution in [2.45, 2.75) is 24.9 Å². The minimum absolute atomic E-state index is 0.237. The molecular formula is C37H31NO6. The van der Waals surface area contributed by atoms with Crippen molar-refractivity contribution in [3.63, 3.8) is 0 Å². The Labute approximate surface area is 255 Å². The fourth-order valence-electron chi connectivity index (χ4n) is 7.54. The zero-order chi connectivity index (χ0) is 30.7. The predicted octanol–water partition coefficient (Wildman–Crippen LogP) is 6.34. The molecule has 1 spiro atoms. The van der Waals surface area contributed by atoms with Crippen LogP contribution in [-0.2, 0) is 0 Å². The topological polar surface area (TPSA) is 82.1 Å². The van der Waals surface area contributed by atoms with Gasteiger partial charge in [0.2, 0.25) is 0 Å². The number of ether oxygens (including phenoxy) is 3. The summed E-state index contributed by atoms with van der Waals surface area (Å²) in [6, 6.07) is 23.6. The van der Waals surface area contributed by atoms with Crippen LogP contribution in [0.3, 0.4) is 0 Å². The molecule has 0 bridgehead atoms. The highest BCUT2D eigenvalue weighted by molar-refractivity contribution is 6.32. The van der Waals surface area contributed by atoms with E-state index >= 15 is 0 Å². The van der Waals surface area contributed by atoms with Gasteiger partial charge in [-0.05, 0) is 42.8 Å². The fraction of sp³-hybridized carbons (Fsp3) is 0.216. The third-order valence-corrected chi connectivity index (χ3v) is 9.35. The van der Waals surface area contributed by atoms with Gasteiger partial charge in [-0.25, -0.2) is 0 Å². The molecule has 44 heavy (non-hydrogen) atoms. The Morgan fingerprint density at radius 1 is 0.795 bits per heavy atom. The highest BCUT2D eigenvalue weighted by Crippen LogP contribution is 2.62. The van der Waals surface area contributed by atoms with E-state index in [1.807, 2.05) is 48.2 Å². The smallest absolute Gasteiger partial charge is 0.186 e. The monoisotopic (exact) mass is 585 g/mol. The SMILES string of the molecule is COc1cccc(C(=O)[C@@H]2[C@H](c3cccc(OC)c3OC)C3(C(=O)c4ccccc4C3=O)[C@@H]3C=Cc4cc(C)ccc4N23)c1.